The highest BCUT2D eigenvalue weighted by Crippen LogP contribution is 2.29. The van der Waals surface area contributed by atoms with E-state index in [4.69, 9.17) is 9.15 Å². The van der Waals surface area contributed by atoms with Gasteiger partial charge in [-0.2, -0.15) is 0 Å². The minimum atomic E-state index is -0.739. The normalized spacial score (nSPS) is 14.1. The van der Waals surface area contributed by atoms with Crippen molar-refractivity contribution in [2.75, 3.05) is 6.61 Å². The molecule has 0 radical (unpaired) electrons. The van der Waals surface area contributed by atoms with Crippen LogP contribution in [0.5, 0.6) is 0 Å². The average Bonchev–Trinajstić information content (AvgIpc) is 3.23. The van der Waals surface area contributed by atoms with Crippen molar-refractivity contribution in [1.82, 2.24) is 0 Å². The minimum Gasteiger partial charge on any atom is -0.481 e. The first kappa shape index (κ1) is 26.5. The quantitative estimate of drug-likeness (QED) is 0.259. The number of hydrogen-bond acceptors (Lipinski definition) is 4. The summed E-state index contributed by atoms with van der Waals surface area (Å²) in [5.41, 5.74) is 4.60. The lowest BCUT2D eigenvalue weighted by molar-refractivity contribution is -0.142. The van der Waals surface area contributed by atoms with Gasteiger partial charge in [0.2, 0.25) is 0 Å². The van der Waals surface area contributed by atoms with Crippen LogP contribution in [0.4, 0.5) is 0 Å². The van der Waals surface area contributed by atoms with Crippen LogP contribution in [0.1, 0.15) is 84.6 Å². The summed E-state index contributed by atoms with van der Waals surface area (Å²) in [4.78, 5) is 22.9. The first-order valence-electron chi connectivity index (χ1n) is 11.1. The van der Waals surface area contributed by atoms with Gasteiger partial charge < -0.3 is 14.3 Å². The number of carboxylic acids is 1. The average molecular weight is 431 g/mol. The fraction of sp³-hybridized carbons (Fsp3) is 0.538. The zero-order chi connectivity index (χ0) is 23.2. The maximum atomic E-state index is 11.6. The Bertz CT molecular complexity index is 764. The molecule has 5 heteroatoms. The number of aliphatic carboxylic acids is 1. The minimum absolute atomic E-state index is 0.201. The van der Waals surface area contributed by atoms with Crippen molar-refractivity contribution in [2.45, 2.75) is 79.1 Å². The Balaban J connectivity index is 2.79. The van der Waals surface area contributed by atoms with Gasteiger partial charge in [0.1, 0.15) is 6.61 Å². The van der Waals surface area contributed by atoms with E-state index in [2.05, 4.69) is 25.2 Å². The van der Waals surface area contributed by atoms with Gasteiger partial charge in [-0.05, 0) is 83.4 Å². The second-order valence-corrected chi connectivity index (χ2v) is 8.31. The number of carboxylic acid groups (broad SMARTS) is 1. The van der Waals surface area contributed by atoms with Crippen LogP contribution in [-0.4, -0.2) is 23.7 Å². The predicted octanol–water partition coefficient (Wildman–Crippen LogP) is 6.83. The molecule has 1 heterocycles. The standard InChI is InChI=1S/C26H38O5/c1-6-20(4)25(24-15-16-30-18-24)14-13-22(17-31-21(5)27)10-8-12-23(26(28)29)11-7-9-19(2)3/h6,9,13,15-16,18,23,25H,7-8,10-12,14,17H2,1-5H3,(H,28,29)/b20-6+,22-13-. The molecule has 0 fully saturated rings. The molecule has 2 unspecified atom stereocenters. The number of ether oxygens (including phenoxy) is 1. The molecule has 2 atom stereocenters. The fourth-order valence-electron chi connectivity index (χ4n) is 3.51. The number of carbonyl (C=O) groups excluding carboxylic acids is 1. The van der Waals surface area contributed by atoms with Gasteiger partial charge in [-0.15, -0.1) is 0 Å². The van der Waals surface area contributed by atoms with E-state index in [1.54, 1.807) is 12.5 Å². The van der Waals surface area contributed by atoms with E-state index in [1.807, 2.05) is 26.8 Å². The molecule has 31 heavy (non-hydrogen) atoms. The summed E-state index contributed by atoms with van der Waals surface area (Å²) in [5.74, 6) is -1.20. The van der Waals surface area contributed by atoms with Crippen molar-refractivity contribution in [1.29, 1.82) is 0 Å². The number of esters is 1. The lowest BCUT2D eigenvalue weighted by Gasteiger charge is -2.16. The fourth-order valence-corrected chi connectivity index (χ4v) is 3.51. The molecule has 1 rings (SSSR count). The van der Waals surface area contributed by atoms with E-state index in [-0.39, 0.29) is 24.4 Å². The number of hydrogen-bond donors (Lipinski definition) is 1. The number of rotatable bonds is 14. The van der Waals surface area contributed by atoms with Crippen LogP contribution in [0.2, 0.25) is 0 Å². The monoisotopic (exact) mass is 430 g/mol. The number of carbonyl (C=O) groups is 2. The molecule has 1 N–H and O–H groups in total. The molecule has 1 aromatic rings. The van der Waals surface area contributed by atoms with Gasteiger partial charge in [0.15, 0.2) is 0 Å². The first-order valence-corrected chi connectivity index (χ1v) is 11.1. The number of allylic oxidation sites excluding steroid dienone is 5. The van der Waals surface area contributed by atoms with E-state index in [9.17, 15) is 14.7 Å². The molecule has 0 aliphatic rings. The van der Waals surface area contributed by atoms with Crippen LogP contribution < -0.4 is 0 Å². The third kappa shape index (κ3) is 10.9. The Morgan fingerprint density at radius 2 is 1.90 bits per heavy atom. The van der Waals surface area contributed by atoms with E-state index < -0.39 is 5.97 Å². The summed E-state index contributed by atoms with van der Waals surface area (Å²) >= 11 is 0. The summed E-state index contributed by atoms with van der Waals surface area (Å²) in [6.07, 6.45) is 14.0. The van der Waals surface area contributed by atoms with Crippen LogP contribution in [-0.2, 0) is 14.3 Å². The maximum absolute atomic E-state index is 11.6. The third-order valence-electron chi connectivity index (χ3n) is 5.52. The molecule has 0 aliphatic heterocycles. The van der Waals surface area contributed by atoms with Crippen LogP contribution in [0.25, 0.3) is 0 Å². The molecule has 0 saturated carbocycles. The van der Waals surface area contributed by atoms with E-state index in [1.165, 1.54) is 18.1 Å². The zero-order valence-corrected chi connectivity index (χ0v) is 19.6. The SMILES string of the molecule is C/C=C(\C)C(C/C=C(/CCCC(CCC=C(C)C)C(=O)O)COC(C)=O)c1ccoc1. The predicted molar refractivity (Wildman–Crippen MR) is 124 cm³/mol. The summed E-state index contributed by atoms with van der Waals surface area (Å²) in [6.45, 7) is 9.81. The van der Waals surface area contributed by atoms with Crippen molar-refractivity contribution in [3.63, 3.8) is 0 Å². The summed E-state index contributed by atoms with van der Waals surface area (Å²) in [5, 5.41) is 9.53. The van der Waals surface area contributed by atoms with Crippen LogP contribution in [0.15, 0.2) is 58.0 Å². The molecule has 0 saturated heterocycles. The topological polar surface area (TPSA) is 76.7 Å². The highest BCUT2D eigenvalue weighted by Gasteiger charge is 2.17. The summed E-state index contributed by atoms with van der Waals surface area (Å²) in [6, 6.07) is 1.97. The van der Waals surface area contributed by atoms with Crippen molar-refractivity contribution in [2.24, 2.45) is 5.92 Å². The molecular formula is C26H38O5. The van der Waals surface area contributed by atoms with Gasteiger partial charge in [-0.25, -0.2) is 0 Å². The molecule has 0 bridgehead atoms. The molecule has 0 aliphatic carbocycles. The molecular weight excluding hydrogens is 392 g/mol. The van der Waals surface area contributed by atoms with Crippen molar-refractivity contribution in [3.05, 3.63) is 59.1 Å². The molecule has 5 nitrogen and oxygen atoms in total. The molecule has 172 valence electrons. The zero-order valence-electron chi connectivity index (χ0n) is 19.6. The Hall–Kier alpha value is -2.56. The van der Waals surface area contributed by atoms with Gasteiger partial charge in [0, 0.05) is 12.8 Å². The largest absolute Gasteiger partial charge is 0.481 e. The molecule has 1 aromatic heterocycles. The first-order chi connectivity index (χ1) is 14.7. The van der Waals surface area contributed by atoms with E-state index in [0.29, 0.717) is 19.3 Å². The smallest absolute Gasteiger partial charge is 0.306 e. The summed E-state index contributed by atoms with van der Waals surface area (Å²) in [7, 11) is 0. The van der Waals surface area contributed by atoms with Gasteiger partial charge >= 0.3 is 11.9 Å². The van der Waals surface area contributed by atoms with Crippen LogP contribution >= 0.6 is 0 Å². The molecule has 0 aromatic carbocycles. The van der Waals surface area contributed by atoms with Gasteiger partial charge in [0.25, 0.3) is 0 Å². The molecule has 0 amide bonds. The second-order valence-electron chi connectivity index (χ2n) is 8.31. The maximum Gasteiger partial charge on any atom is 0.306 e. The van der Waals surface area contributed by atoms with Gasteiger partial charge in [-0.3, -0.25) is 9.59 Å². The Labute approximate surface area is 186 Å². The van der Waals surface area contributed by atoms with Crippen LogP contribution in [0.3, 0.4) is 0 Å². The lowest BCUT2D eigenvalue weighted by Crippen LogP contribution is -2.14. The van der Waals surface area contributed by atoms with E-state index in [0.717, 1.165) is 30.4 Å². The van der Waals surface area contributed by atoms with Gasteiger partial charge in [-0.1, -0.05) is 29.4 Å². The van der Waals surface area contributed by atoms with Crippen molar-refractivity contribution < 1.29 is 23.8 Å². The Morgan fingerprint density at radius 1 is 1.16 bits per heavy atom. The van der Waals surface area contributed by atoms with Gasteiger partial charge in [0.05, 0.1) is 18.4 Å². The van der Waals surface area contributed by atoms with Crippen molar-refractivity contribution >= 4 is 11.9 Å². The Morgan fingerprint density at radius 3 is 2.45 bits per heavy atom. The van der Waals surface area contributed by atoms with Crippen molar-refractivity contribution in [3.8, 4) is 0 Å². The van der Waals surface area contributed by atoms with Crippen LogP contribution in [0, 0.1) is 5.92 Å². The highest BCUT2D eigenvalue weighted by molar-refractivity contribution is 5.69. The molecule has 0 spiro atoms. The second kappa shape index (κ2) is 14.4. The summed E-state index contributed by atoms with van der Waals surface area (Å²) < 4.78 is 10.5. The third-order valence-corrected chi connectivity index (χ3v) is 5.52. The number of furan rings is 1. The highest BCUT2D eigenvalue weighted by atomic mass is 16.5. The Kier molecular flexibility index (Phi) is 12.3. The van der Waals surface area contributed by atoms with E-state index >= 15 is 0 Å². The lowest BCUT2D eigenvalue weighted by atomic mass is 9.89.